The molecule has 1 radical (unpaired) electrons. The smallest absolute Gasteiger partial charge is 0.218 e. The molecule has 2 N–H and O–H groups in total. The first kappa shape index (κ1) is 12.1. The summed E-state index contributed by atoms with van der Waals surface area (Å²) in [7, 11) is 0. The Morgan fingerprint density at radius 3 is 2.94 bits per heavy atom. The lowest BCUT2D eigenvalue weighted by Gasteiger charge is -2.32. The molecule has 0 aromatic heterocycles. The molecule has 17 heavy (non-hydrogen) atoms. The fourth-order valence-corrected chi connectivity index (χ4v) is 2.10. The Bertz CT molecular complexity index is 366. The molecule has 1 aromatic carbocycles. The highest BCUT2D eigenvalue weighted by Crippen LogP contribution is 2.08. The van der Waals surface area contributed by atoms with Gasteiger partial charge in [0, 0.05) is 20.0 Å². The van der Waals surface area contributed by atoms with Crippen molar-refractivity contribution in [2.45, 2.75) is 25.6 Å². The molecular weight excluding hydrogens is 214 g/mol. The van der Waals surface area contributed by atoms with Gasteiger partial charge in [0.05, 0.1) is 12.2 Å². The van der Waals surface area contributed by atoms with Gasteiger partial charge in [-0.1, -0.05) is 30.3 Å². The summed E-state index contributed by atoms with van der Waals surface area (Å²) in [6.07, 6.45) is 0.820. The molecular formula is C13H18N3O. The lowest BCUT2D eigenvalue weighted by Crippen LogP contribution is -2.61. The highest BCUT2D eigenvalue weighted by Gasteiger charge is 2.25. The van der Waals surface area contributed by atoms with Crippen LogP contribution in [0.15, 0.2) is 30.3 Å². The lowest BCUT2D eigenvalue weighted by atomic mass is 10.0. The molecule has 4 heteroatoms. The SMILES string of the molecule is CC(=O)NC1NCC[N]C1Cc1ccccc1. The van der Waals surface area contributed by atoms with Crippen LogP contribution < -0.4 is 16.0 Å². The number of piperazine rings is 1. The monoisotopic (exact) mass is 232 g/mol. The molecule has 2 atom stereocenters. The summed E-state index contributed by atoms with van der Waals surface area (Å²) in [6.45, 7) is 3.18. The summed E-state index contributed by atoms with van der Waals surface area (Å²) >= 11 is 0. The van der Waals surface area contributed by atoms with Crippen LogP contribution in [0.2, 0.25) is 0 Å². The van der Waals surface area contributed by atoms with Crippen LogP contribution in [0.4, 0.5) is 0 Å². The van der Waals surface area contributed by atoms with Crippen LogP contribution in [0.25, 0.3) is 0 Å². The normalized spacial score (nSPS) is 24.3. The second kappa shape index (κ2) is 5.80. The molecule has 2 unspecified atom stereocenters. The maximum Gasteiger partial charge on any atom is 0.218 e. The van der Waals surface area contributed by atoms with Gasteiger partial charge in [-0.3, -0.25) is 10.1 Å². The first-order valence-electron chi connectivity index (χ1n) is 5.97. The van der Waals surface area contributed by atoms with E-state index in [0.717, 1.165) is 19.5 Å². The van der Waals surface area contributed by atoms with Gasteiger partial charge in [-0.15, -0.1) is 0 Å². The van der Waals surface area contributed by atoms with E-state index in [0.29, 0.717) is 0 Å². The Balaban J connectivity index is 1.99. The molecule has 1 heterocycles. The summed E-state index contributed by atoms with van der Waals surface area (Å²) in [5, 5.41) is 10.8. The Kier molecular flexibility index (Phi) is 4.12. The van der Waals surface area contributed by atoms with Crippen LogP contribution in [0.3, 0.4) is 0 Å². The van der Waals surface area contributed by atoms with Gasteiger partial charge in [0.25, 0.3) is 0 Å². The largest absolute Gasteiger partial charge is 0.339 e. The van der Waals surface area contributed by atoms with E-state index >= 15 is 0 Å². The number of nitrogens with zero attached hydrogens (tertiary/aromatic N) is 1. The van der Waals surface area contributed by atoms with E-state index in [1.165, 1.54) is 12.5 Å². The van der Waals surface area contributed by atoms with E-state index in [2.05, 4.69) is 28.1 Å². The molecule has 2 rings (SSSR count). The van der Waals surface area contributed by atoms with Crippen LogP contribution in [0.1, 0.15) is 12.5 Å². The van der Waals surface area contributed by atoms with Crippen molar-refractivity contribution in [2.75, 3.05) is 13.1 Å². The zero-order valence-electron chi connectivity index (χ0n) is 10.0. The minimum atomic E-state index is -0.0403. The standard InChI is InChI=1S/C13H18N3O/c1-10(17)16-13-12(14-7-8-15-13)9-11-5-3-2-4-6-11/h2-6,12-13,15H,7-9H2,1H3,(H,16,17). The highest BCUT2D eigenvalue weighted by atomic mass is 16.1. The topological polar surface area (TPSA) is 55.2 Å². The van der Waals surface area contributed by atoms with E-state index in [-0.39, 0.29) is 18.1 Å². The van der Waals surface area contributed by atoms with Crippen molar-refractivity contribution in [1.29, 1.82) is 0 Å². The molecule has 0 saturated carbocycles. The number of carbonyl (C=O) groups is 1. The van der Waals surface area contributed by atoms with E-state index in [9.17, 15) is 4.79 Å². The number of benzene rings is 1. The predicted octanol–water partition coefficient (Wildman–Crippen LogP) is 0.268. The van der Waals surface area contributed by atoms with Gasteiger partial charge in [0.1, 0.15) is 0 Å². The summed E-state index contributed by atoms with van der Waals surface area (Å²) in [5.74, 6) is -0.0161. The first-order chi connectivity index (χ1) is 8.25. The minimum Gasteiger partial charge on any atom is -0.339 e. The van der Waals surface area contributed by atoms with Crippen molar-refractivity contribution in [3.05, 3.63) is 35.9 Å². The number of amides is 1. The molecule has 0 bridgehead atoms. The number of carbonyl (C=O) groups excluding carboxylic acids is 1. The molecule has 0 aliphatic carbocycles. The number of hydrogen-bond acceptors (Lipinski definition) is 2. The molecule has 1 aliphatic rings. The van der Waals surface area contributed by atoms with Crippen molar-refractivity contribution in [1.82, 2.24) is 16.0 Å². The molecule has 1 fully saturated rings. The van der Waals surface area contributed by atoms with Crippen LogP contribution in [-0.4, -0.2) is 31.2 Å². The van der Waals surface area contributed by atoms with Crippen LogP contribution in [0, 0.1) is 0 Å². The van der Waals surface area contributed by atoms with Gasteiger partial charge in [-0.25, -0.2) is 5.32 Å². The van der Waals surface area contributed by atoms with Crippen molar-refractivity contribution < 1.29 is 4.79 Å². The van der Waals surface area contributed by atoms with Gasteiger partial charge in [-0.05, 0) is 12.0 Å². The van der Waals surface area contributed by atoms with Crippen molar-refractivity contribution in [3.8, 4) is 0 Å². The second-order valence-corrected chi connectivity index (χ2v) is 4.30. The minimum absolute atomic E-state index is 0.0161. The van der Waals surface area contributed by atoms with Crippen LogP contribution >= 0.6 is 0 Å². The Hall–Kier alpha value is -1.39. The van der Waals surface area contributed by atoms with Gasteiger partial charge in [0.15, 0.2) is 0 Å². The van der Waals surface area contributed by atoms with Gasteiger partial charge >= 0.3 is 0 Å². The maximum absolute atomic E-state index is 11.1. The Labute approximate surface area is 102 Å². The second-order valence-electron chi connectivity index (χ2n) is 4.30. The molecule has 1 saturated heterocycles. The number of hydrogen-bond donors (Lipinski definition) is 2. The highest BCUT2D eigenvalue weighted by molar-refractivity contribution is 5.73. The lowest BCUT2D eigenvalue weighted by molar-refractivity contribution is -0.120. The molecule has 1 aliphatic heterocycles. The zero-order valence-corrected chi connectivity index (χ0v) is 10.0. The molecule has 0 spiro atoms. The van der Waals surface area contributed by atoms with Gasteiger partial charge in [0.2, 0.25) is 5.91 Å². The molecule has 1 aromatic rings. The number of nitrogens with one attached hydrogen (secondary N) is 2. The average Bonchev–Trinajstić information content (AvgIpc) is 2.32. The van der Waals surface area contributed by atoms with E-state index < -0.39 is 0 Å². The quantitative estimate of drug-likeness (QED) is 0.786. The molecule has 91 valence electrons. The van der Waals surface area contributed by atoms with E-state index in [1.807, 2.05) is 18.2 Å². The van der Waals surface area contributed by atoms with Crippen molar-refractivity contribution in [2.24, 2.45) is 0 Å². The van der Waals surface area contributed by atoms with Crippen molar-refractivity contribution >= 4 is 5.91 Å². The summed E-state index contributed by atoms with van der Waals surface area (Å²) in [5.41, 5.74) is 1.25. The summed E-state index contributed by atoms with van der Waals surface area (Å²) in [4.78, 5) is 11.1. The average molecular weight is 232 g/mol. The predicted molar refractivity (Wildman–Crippen MR) is 66.5 cm³/mol. The Morgan fingerprint density at radius 1 is 1.47 bits per heavy atom. The first-order valence-corrected chi connectivity index (χ1v) is 5.97. The van der Waals surface area contributed by atoms with E-state index in [4.69, 9.17) is 0 Å². The summed E-state index contributed by atoms with van der Waals surface area (Å²) in [6, 6.07) is 10.4. The van der Waals surface area contributed by atoms with E-state index in [1.54, 1.807) is 0 Å². The van der Waals surface area contributed by atoms with Gasteiger partial charge < -0.3 is 5.32 Å². The molecule has 1 amide bonds. The summed E-state index contributed by atoms with van der Waals surface area (Å²) < 4.78 is 0. The van der Waals surface area contributed by atoms with Crippen molar-refractivity contribution in [3.63, 3.8) is 0 Å². The third-order valence-electron chi connectivity index (χ3n) is 2.87. The van der Waals surface area contributed by atoms with Crippen LogP contribution in [-0.2, 0) is 11.2 Å². The van der Waals surface area contributed by atoms with Crippen LogP contribution in [0.5, 0.6) is 0 Å². The number of rotatable bonds is 3. The Morgan fingerprint density at radius 2 is 2.24 bits per heavy atom. The maximum atomic E-state index is 11.1. The zero-order chi connectivity index (χ0) is 12.1. The third kappa shape index (κ3) is 3.54. The third-order valence-corrected chi connectivity index (χ3v) is 2.87. The fourth-order valence-electron chi connectivity index (χ4n) is 2.10. The fraction of sp³-hybridized carbons (Fsp3) is 0.462. The van der Waals surface area contributed by atoms with Gasteiger partial charge in [-0.2, -0.15) is 0 Å². The molecule has 4 nitrogen and oxygen atoms in total.